The molecule has 0 unspecified atom stereocenters. The van der Waals surface area contributed by atoms with Gasteiger partial charge in [0.05, 0.1) is 5.69 Å². The normalized spacial score (nSPS) is 12.1. The summed E-state index contributed by atoms with van der Waals surface area (Å²) in [4.78, 5) is 12.3. The van der Waals surface area contributed by atoms with E-state index in [1.807, 2.05) is 0 Å². The van der Waals surface area contributed by atoms with E-state index in [1.165, 1.54) is 12.1 Å². The first-order valence-corrected chi connectivity index (χ1v) is 8.65. The smallest absolute Gasteiger partial charge is 0.387 e. The minimum Gasteiger partial charge on any atom is -0.486 e. The number of nitrogens with one attached hydrogen (secondary N) is 1. The van der Waals surface area contributed by atoms with Crippen LogP contribution >= 0.6 is 0 Å². The van der Waals surface area contributed by atoms with Crippen molar-refractivity contribution in [3.63, 3.8) is 0 Å². The van der Waals surface area contributed by atoms with Gasteiger partial charge in [0.15, 0.2) is 23.0 Å². The Morgan fingerprint density at radius 3 is 2.73 bits per heavy atom. The van der Waals surface area contributed by atoms with Gasteiger partial charge in [0.1, 0.15) is 23.9 Å². The SMILES string of the molecule is O=C(Nc1ccc(F)cc1OC(F)F)c1ccc(COc2ccc3c(c2)OCO3)o1. The number of hydrogen-bond donors (Lipinski definition) is 1. The van der Waals surface area contributed by atoms with Crippen LogP contribution in [0.3, 0.4) is 0 Å². The van der Waals surface area contributed by atoms with Crippen LogP contribution in [0.2, 0.25) is 0 Å². The minimum atomic E-state index is -3.18. The second kappa shape index (κ2) is 8.27. The predicted molar refractivity (Wildman–Crippen MR) is 96.6 cm³/mol. The van der Waals surface area contributed by atoms with E-state index in [0.29, 0.717) is 23.0 Å². The zero-order chi connectivity index (χ0) is 21.1. The molecule has 0 bridgehead atoms. The van der Waals surface area contributed by atoms with Crippen molar-refractivity contribution < 1.29 is 41.3 Å². The largest absolute Gasteiger partial charge is 0.486 e. The van der Waals surface area contributed by atoms with Crippen LogP contribution in [0.4, 0.5) is 18.9 Å². The number of anilines is 1. The molecule has 10 heteroatoms. The first kappa shape index (κ1) is 19.5. The maximum Gasteiger partial charge on any atom is 0.387 e. The molecule has 2 aromatic carbocycles. The van der Waals surface area contributed by atoms with Crippen molar-refractivity contribution in [1.82, 2.24) is 0 Å². The minimum absolute atomic E-state index is 0.0310. The number of ether oxygens (including phenoxy) is 4. The van der Waals surface area contributed by atoms with Crippen molar-refractivity contribution in [3.05, 3.63) is 65.9 Å². The molecule has 0 saturated heterocycles. The van der Waals surface area contributed by atoms with E-state index in [9.17, 15) is 18.0 Å². The summed E-state index contributed by atoms with van der Waals surface area (Å²) in [5, 5.41) is 2.35. The summed E-state index contributed by atoms with van der Waals surface area (Å²) in [6.07, 6.45) is 0. The van der Waals surface area contributed by atoms with Crippen molar-refractivity contribution in [2.45, 2.75) is 13.2 Å². The molecule has 156 valence electrons. The molecular weight excluding hydrogens is 407 g/mol. The lowest BCUT2D eigenvalue weighted by molar-refractivity contribution is -0.0495. The fourth-order valence-electron chi connectivity index (χ4n) is 2.68. The van der Waals surface area contributed by atoms with E-state index in [2.05, 4.69) is 10.1 Å². The number of hydrogen-bond acceptors (Lipinski definition) is 6. The van der Waals surface area contributed by atoms with E-state index in [-0.39, 0.29) is 24.8 Å². The Balaban J connectivity index is 1.40. The lowest BCUT2D eigenvalue weighted by atomic mass is 10.2. The first-order chi connectivity index (χ1) is 14.5. The van der Waals surface area contributed by atoms with Crippen molar-refractivity contribution in [2.24, 2.45) is 0 Å². The summed E-state index contributed by atoms with van der Waals surface area (Å²) in [5.74, 6) is -0.0614. The molecule has 0 saturated carbocycles. The predicted octanol–water partition coefficient (Wildman–Crippen LogP) is 4.58. The Kier molecular flexibility index (Phi) is 5.38. The summed E-state index contributed by atoms with van der Waals surface area (Å²) in [6.45, 7) is -3.00. The van der Waals surface area contributed by atoms with Gasteiger partial charge in [-0.05, 0) is 36.4 Å². The molecule has 0 radical (unpaired) electrons. The Morgan fingerprint density at radius 1 is 1.07 bits per heavy atom. The van der Waals surface area contributed by atoms with Crippen LogP contribution in [0.15, 0.2) is 52.9 Å². The summed E-state index contributed by atoms with van der Waals surface area (Å²) >= 11 is 0. The molecule has 4 rings (SSSR count). The number of carbonyl (C=O) groups excluding carboxylic acids is 1. The summed E-state index contributed by atoms with van der Waals surface area (Å²) < 4.78 is 64.0. The van der Waals surface area contributed by atoms with E-state index in [0.717, 1.165) is 18.2 Å². The molecule has 1 N–H and O–H groups in total. The zero-order valence-corrected chi connectivity index (χ0v) is 15.2. The average molecular weight is 421 g/mol. The summed E-state index contributed by atoms with van der Waals surface area (Å²) in [7, 11) is 0. The van der Waals surface area contributed by atoms with Gasteiger partial charge in [0.2, 0.25) is 6.79 Å². The standard InChI is InChI=1S/C20H14F3NO6/c21-11-1-4-14(17(7-11)30-20(22)23)24-19(25)16-6-3-13(29-16)9-26-12-2-5-15-18(8-12)28-10-27-15/h1-8,20H,9-10H2,(H,24,25). The molecule has 0 aliphatic carbocycles. The third-order valence-corrected chi connectivity index (χ3v) is 4.02. The van der Waals surface area contributed by atoms with Crippen molar-refractivity contribution >= 4 is 11.6 Å². The number of fused-ring (bicyclic) bond motifs is 1. The van der Waals surface area contributed by atoms with Gasteiger partial charge in [0.25, 0.3) is 5.91 Å². The Hall–Kier alpha value is -3.82. The van der Waals surface area contributed by atoms with Crippen LogP contribution in [0, 0.1) is 5.82 Å². The molecule has 2 heterocycles. The number of rotatable bonds is 7. The number of carbonyl (C=O) groups is 1. The second-order valence-electron chi connectivity index (χ2n) is 6.04. The summed E-state index contributed by atoms with van der Waals surface area (Å²) in [5.41, 5.74) is -0.128. The van der Waals surface area contributed by atoms with Crippen LogP contribution < -0.4 is 24.3 Å². The molecule has 1 amide bonds. The first-order valence-electron chi connectivity index (χ1n) is 8.65. The average Bonchev–Trinajstić information content (AvgIpc) is 3.36. The van der Waals surface area contributed by atoms with Crippen LogP contribution in [-0.2, 0) is 6.61 Å². The van der Waals surface area contributed by atoms with E-state index in [4.69, 9.17) is 18.6 Å². The number of furan rings is 1. The van der Waals surface area contributed by atoms with Gasteiger partial charge >= 0.3 is 6.61 Å². The highest BCUT2D eigenvalue weighted by Gasteiger charge is 2.17. The van der Waals surface area contributed by atoms with Gasteiger partial charge in [-0.3, -0.25) is 4.79 Å². The van der Waals surface area contributed by atoms with Gasteiger partial charge < -0.3 is 28.7 Å². The Labute approximate surface area is 167 Å². The highest BCUT2D eigenvalue weighted by molar-refractivity contribution is 6.03. The quantitative estimate of drug-likeness (QED) is 0.602. The van der Waals surface area contributed by atoms with Crippen LogP contribution in [-0.4, -0.2) is 19.3 Å². The zero-order valence-electron chi connectivity index (χ0n) is 15.2. The van der Waals surface area contributed by atoms with Crippen molar-refractivity contribution in [1.29, 1.82) is 0 Å². The molecule has 7 nitrogen and oxygen atoms in total. The third kappa shape index (κ3) is 4.43. The van der Waals surface area contributed by atoms with Crippen molar-refractivity contribution in [3.8, 4) is 23.0 Å². The van der Waals surface area contributed by atoms with Crippen molar-refractivity contribution in [2.75, 3.05) is 12.1 Å². The second-order valence-corrected chi connectivity index (χ2v) is 6.04. The summed E-state index contributed by atoms with van der Waals surface area (Å²) in [6, 6.07) is 10.8. The Bertz CT molecular complexity index is 1070. The number of benzene rings is 2. The van der Waals surface area contributed by atoms with E-state index < -0.39 is 24.1 Å². The molecule has 1 aromatic heterocycles. The fourth-order valence-corrected chi connectivity index (χ4v) is 2.68. The lowest BCUT2D eigenvalue weighted by Crippen LogP contribution is -2.13. The van der Waals surface area contributed by atoms with Gasteiger partial charge in [-0.15, -0.1) is 0 Å². The fraction of sp³-hybridized carbons (Fsp3) is 0.150. The molecule has 0 fully saturated rings. The van der Waals surface area contributed by atoms with Crippen LogP contribution in [0.25, 0.3) is 0 Å². The molecule has 0 spiro atoms. The molecule has 30 heavy (non-hydrogen) atoms. The lowest BCUT2D eigenvalue weighted by Gasteiger charge is -2.11. The molecule has 1 aliphatic heterocycles. The van der Waals surface area contributed by atoms with Crippen LogP contribution in [0.5, 0.6) is 23.0 Å². The van der Waals surface area contributed by atoms with Crippen LogP contribution in [0.1, 0.15) is 16.3 Å². The highest BCUT2D eigenvalue weighted by Crippen LogP contribution is 2.35. The molecule has 1 aliphatic rings. The number of alkyl halides is 2. The molecule has 0 atom stereocenters. The van der Waals surface area contributed by atoms with Gasteiger partial charge in [-0.25, -0.2) is 4.39 Å². The topological polar surface area (TPSA) is 79.2 Å². The van der Waals surface area contributed by atoms with E-state index >= 15 is 0 Å². The molecular formula is C20H14F3NO6. The number of amides is 1. The third-order valence-electron chi connectivity index (χ3n) is 4.02. The van der Waals surface area contributed by atoms with E-state index in [1.54, 1.807) is 18.2 Å². The number of halogens is 3. The van der Waals surface area contributed by atoms with Gasteiger partial charge in [-0.1, -0.05) is 0 Å². The maximum atomic E-state index is 13.3. The van der Waals surface area contributed by atoms with Gasteiger partial charge in [0, 0.05) is 12.1 Å². The maximum absolute atomic E-state index is 13.3. The van der Waals surface area contributed by atoms with Gasteiger partial charge in [-0.2, -0.15) is 8.78 Å². The monoisotopic (exact) mass is 421 g/mol. The Morgan fingerprint density at radius 2 is 1.90 bits per heavy atom. The molecule has 3 aromatic rings. The highest BCUT2D eigenvalue weighted by atomic mass is 19.3.